The van der Waals surface area contributed by atoms with E-state index in [0.29, 0.717) is 52.5 Å². The molecule has 2 heterocycles. The summed E-state index contributed by atoms with van der Waals surface area (Å²) in [5, 5.41) is 8.55. The van der Waals surface area contributed by atoms with Gasteiger partial charge in [-0.1, -0.05) is 49.9 Å². The second-order valence-electron chi connectivity index (χ2n) is 8.50. The van der Waals surface area contributed by atoms with Crippen molar-refractivity contribution in [1.29, 1.82) is 0 Å². The van der Waals surface area contributed by atoms with Crippen LogP contribution in [0.1, 0.15) is 50.8 Å². The Balaban J connectivity index is 1.71. The van der Waals surface area contributed by atoms with Crippen LogP contribution >= 0.6 is 11.8 Å². The SMILES string of the molecule is CCCOC(=O)C1=C(C)Nc2nc(SCCC)nn2C1c1ccc(OCc2ccccc2F)c(OC)c1. The maximum atomic E-state index is 14.1. The molecular formula is C27H31FN4O4S. The van der Waals surface area contributed by atoms with E-state index in [-0.39, 0.29) is 12.4 Å². The second kappa shape index (κ2) is 12.1. The van der Waals surface area contributed by atoms with Gasteiger partial charge in [0.05, 0.1) is 19.3 Å². The second-order valence-corrected chi connectivity index (χ2v) is 9.57. The van der Waals surface area contributed by atoms with Gasteiger partial charge in [-0.15, -0.1) is 5.10 Å². The van der Waals surface area contributed by atoms with Crippen molar-refractivity contribution in [3.05, 3.63) is 70.7 Å². The van der Waals surface area contributed by atoms with E-state index in [1.165, 1.54) is 13.2 Å². The summed E-state index contributed by atoms with van der Waals surface area (Å²) in [4.78, 5) is 17.8. The minimum Gasteiger partial charge on any atom is -0.493 e. The summed E-state index contributed by atoms with van der Waals surface area (Å²) < 4.78 is 32.8. The third kappa shape index (κ3) is 5.90. The van der Waals surface area contributed by atoms with Crippen LogP contribution in [-0.2, 0) is 16.1 Å². The molecule has 0 fully saturated rings. The Hall–Kier alpha value is -3.53. The number of nitrogens with one attached hydrogen (secondary N) is 1. The number of allylic oxidation sites excluding steroid dienone is 1. The molecular weight excluding hydrogens is 495 g/mol. The first kappa shape index (κ1) is 26.5. The van der Waals surface area contributed by atoms with Gasteiger partial charge >= 0.3 is 5.97 Å². The van der Waals surface area contributed by atoms with Crippen LogP contribution < -0.4 is 14.8 Å². The molecule has 37 heavy (non-hydrogen) atoms. The lowest BCUT2D eigenvalue weighted by atomic mass is 9.95. The van der Waals surface area contributed by atoms with Crippen LogP contribution in [-0.4, -0.2) is 40.2 Å². The highest BCUT2D eigenvalue weighted by Crippen LogP contribution is 2.40. The van der Waals surface area contributed by atoms with Crippen molar-refractivity contribution in [2.45, 2.75) is 51.4 Å². The Kier molecular flexibility index (Phi) is 8.70. The van der Waals surface area contributed by atoms with Gasteiger partial charge in [0.15, 0.2) is 11.5 Å². The average Bonchev–Trinajstić information content (AvgIpc) is 3.31. The number of hydrogen-bond acceptors (Lipinski definition) is 8. The number of ether oxygens (including phenoxy) is 3. The largest absolute Gasteiger partial charge is 0.493 e. The van der Waals surface area contributed by atoms with E-state index >= 15 is 0 Å². The van der Waals surface area contributed by atoms with Crippen molar-refractivity contribution in [2.24, 2.45) is 0 Å². The van der Waals surface area contributed by atoms with Crippen molar-refractivity contribution in [1.82, 2.24) is 14.8 Å². The number of halogens is 1. The van der Waals surface area contributed by atoms with Crippen LogP contribution in [0.3, 0.4) is 0 Å². The zero-order valence-corrected chi connectivity index (χ0v) is 22.2. The van der Waals surface area contributed by atoms with Gasteiger partial charge in [0.2, 0.25) is 11.1 Å². The fraction of sp³-hybridized carbons (Fsp3) is 0.370. The number of esters is 1. The molecule has 0 spiro atoms. The zero-order chi connectivity index (χ0) is 26.4. The molecule has 1 N–H and O–H groups in total. The number of benzene rings is 2. The number of hydrogen-bond donors (Lipinski definition) is 1. The molecule has 1 aliphatic rings. The predicted molar refractivity (Wildman–Crippen MR) is 140 cm³/mol. The molecule has 3 aromatic rings. The molecule has 1 aliphatic heterocycles. The van der Waals surface area contributed by atoms with E-state index in [1.54, 1.807) is 46.8 Å². The first-order valence-electron chi connectivity index (χ1n) is 12.2. The number of carbonyl (C=O) groups excluding carboxylic acids is 1. The third-order valence-electron chi connectivity index (χ3n) is 5.77. The lowest BCUT2D eigenvalue weighted by Crippen LogP contribution is -2.29. The molecule has 0 bridgehead atoms. The Morgan fingerprint density at radius 2 is 1.97 bits per heavy atom. The summed E-state index contributed by atoms with van der Waals surface area (Å²) >= 11 is 1.56. The van der Waals surface area contributed by atoms with Gasteiger partial charge in [0.1, 0.15) is 18.5 Å². The quantitative estimate of drug-likeness (QED) is 0.250. The maximum Gasteiger partial charge on any atom is 0.338 e. The predicted octanol–water partition coefficient (Wildman–Crippen LogP) is 5.75. The lowest BCUT2D eigenvalue weighted by Gasteiger charge is -2.28. The molecule has 10 heteroatoms. The van der Waals surface area contributed by atoms with Crippen LogP contribution in [0.25, 0.3) is 0 Å². The van der Waals surface area contributed by atoms with E-state index in [9.17, 15) is 9.18 Å². The molecule has 0 saturated carbocycles. The highest BCUT2D eigenvalue weighted by atomic mass is 32.2. The molecule has 0 saturated heterocycles. The zero-order valence-electron chi connectivity index (χ0n) is 21.4. The summed E-state index contributed by atoms with van der Waals surface area (Å²) in [6.07, 6.45) is 1.70. The van der Waals surface area contributed by atoms with Crippen molar-refractivity contribution in [3.63, 3.8) is 0 Å². The van der Waals surface area contributed by atoms with E-state index in [0.717, 1.165) is 17.7 Å². The van der Waals surface area contributed by atoms with Crippen LogP contribution in [0.5, 0.6) is 11.5 Å². The van der Waals surface area contributed by atoms with E-state index in [1.807, 2.05) is 19.9 Å². The molecule has 196 valence electrons. The number of nitrogens with zero attached hydrogens (tertiary/aromatic N) is 3. The van der Waals surface area contributed by atoms with Crippen molar-refractivity contribution in [3.8, 4) is 11.5 Å². The van der Waals surface area contributed by atoms with Crippen LogP contribution in [0.2, 0.25) is 0 Å². The van der Waals surface area contributed by atoms with Gasteiger partial charge in [-0.2, -0.15) is 4.98 Å². The summed E-state index contributed by atoms with van der Waals surface area (Å²) in [5.41, 5.74) is 2.28. The summed E-state index contributed by atoms with van der Waals surface area (Å²) in [5.74, 6) is 1.59. The van der Waals surface area contributed by atoms with E-state index in [4.69, 9.17) is 19.3 Å². The number of carbonyl (C=O) groups is 1. The number of methoxy groups -OCH3 is 1. The Morgan fingerprint density at radius 3 is 2.70 bits per heavy atom. The fourth-order valence-electron chi connectivity index (χ4n) is 3.98. The molecule has 0 amide bonds. The minimum absolute atomic E-state index is 0.0502. The van der Waals surface area contributed by atoms with Crippen molar-refractivity contribution in [2.75, 3.05) is 24.8 Å². The third-order valence-corrected chi connectivity index (χ3v) is 6.81. The number of rotatable bonds is 11. The molecule has 1 aromatic heterocycles. The van der Waals surface area contributed by atoms with Gasteiger partial charge in [-0.25, -0.2) is 13.9 Å². The molecule has 0 aliphatic carbocycles. The molecule has 2 aromatic carbocycles. The van der Waals surface area contributed by atoms with Crippen molar-refractivity contribution < 1.29 is 23.4 Å². The van der Waals surface area contributed by atoms with Crippen LogP contribution in [0, 0.1) is 5.82 Å². The highest BCUT2D eigenvalue weighted by molar-refractivity contribution is 7.99. The summed E-state index contributed by atoms with van der Waals surface area (Å²) in [7, 11) is 1.54. The van der Waals surface area contributed by atoms with Crippen LogP contribution in [0.4, 0.5) is 10.3 Å². The Morgan fingerprint density at radius 1 is 1.16 bits per heavy atom. The maximum absolute atomic E-state index is 14.1. The topological polar surface area (TPSA) is 87.5 Å². The number of thioether (sulfide) groups is 1. The van der Waals surface area contributed by atoms with Gasteiger partial charge in [0.25, 0.3) is 0 Å². The highest BCUT2D eigenvalue weighted by Gasteiger charge is 2.35. The first-order chi connectivity index (χ1) is 18.0. The normalized spacial score (nSPS) is 14.7. The lowest BCUT2D eigenvalue weighted by molar-refractivity contribution is -0.139. The Labute approximate surface area is 220 Å². The molecule has 1 unspecified atom stereocenters. The van der Waals surface area contributed by atoms with E-state index in [2.05, 4.69) is 17.2 Å². The van der Waals surface area contributed by atoms with Gasteiger partial charge in [0, 0.05) is 17.0 Å². The number of anilines is 1. The summed E-state index contributed by atoms with van der Waals surface area (Å²) in [6, 6.07) is 11.3. The average molecular weight is 527 g/mol. The standard InChI is InChI=1S/C27H31FN4O4S/c1-5-13-35-25(33)23-17(3)29-26-30-27(37-14-6-2)31-32(26)24(23)18-11-12-21(22(15-18)34-4)36-16-19-9-7-8-10-20(19)28/h7-12,15,24H,5-6,13-14,16H2,1-4H3,(H,29,30,31). The smallest absolute Gasteiger partial charge is 0.338 e. The monoisotopic (exact) mass is 526 g/mol. The van der Waals surface area contributed by atoms with Gasteiger partial charge in [-0.05, 0) is 43.5 Å². The molecule has 0 radical (unpaired) electrons. The molecule has 1 atom stereocenters. The first-order valence-corrected chi connectivity index (χ1v) is 13.2. The minimum atomic E-state index is -0.585. The van der Waals surface area contributed by atoms with Gasteiger partial charge < -0.3 is 19.5 Å². The fourth-order valence-corrected chi connectivity index (χ4v) is 4.66. The number of aromatic nitrogens is 3. The van der Waals surface area contributed by atoms with Crippen LogP contribution in [0.15, 0.2) is 58.9 Å². The Bertz CT molecular complexity index is 1290. The van der Waals surface area contributed by atoms with Crippen molar-refractivity contribution >= 4 is 23.7 Å². The van der Waals surface area contributed by atoms with Gasteiger partial charge in [-0.3, -0.25) is 0 Å². The molecule has 8 nitrogen and oxygen atoms in total. The van der Waals surface area contributed by atoms with E-state index < -0.39 is 12.0 Å². The number of fused-ring (bicyclic) bond motifs is 1. The molecule has 4 rings (SSSR count). The summed E-state index contributed by atoms with van der Waals surface area (Å²) in [6.45, 7) is 6.24.